The van der Waals surface area contributed by atoms with Crippen molar-refractivity contribution in [2.24, 2.45) is 5.84 Å². The van der Waals surface area contributed by atoms with Gasteiger partial charge in [0.05, 0.1) is 11.3 Å². The molecule has 0 saturated carbocycles. The maximum atomic E-state index is 11.3. The number of benzene rings is 1. The van der Waals surface area contributed by atoms with Crippen molar-refractivity contribution in [3.05, 3.63) is 52.3 Å². The Morgan fingerprint density at radius 2 is 2.15 bits per heavy atom. The van der Waals surface area contributed by atoms with E-state index in [1.807, 2.05) is 18.2 Å². The second-order valence-electron chi connectivity index (χ2n) is 3.98. The SMILES string of the molecule is NNC(=O)c1ccc(CSc2cc(Br)ccc2N)nc1. The van der Waals surface area contributed by atoms with Gasteiger partial charge in [0, 0.05) is 27.0 Å². The number of carbonyl (C=O) groups is 1. The lowest BCUT2D eigenvalue weighted by atomic mass is 10.2. The summed E-state index contributed by atoms with van der Waals surface area (Å²) in [5, 5.41) is 0. The first-order chi connectivity index (χ1) is 9.60. The number of nitrogens with one attached hydrogen (secondary N) is 1. The summed E-state index contributed by atoms with van der Waals surface area (Å²) in [6.45, 7) is 0. The van der Waals surface area contributed by atoms with Crippen molar-refractivity contribution in [1.82, 2.24) is 10.4 Å². The molecule has 1 aromatic carbocycles. The molecule has 0 bridgehead atoms. The number of hydrogen-bond donors (Lipinski definition) is 3. The molecule has 5 nitrogen and oxygen atoms in total. The Hall–Kier alpha value is -1.57. The van der Waals surface area contributed by atoms with E-state index in [2.05, 4.69) is 26.3 Å². The van der Waals surface area contributed by atoms with E-state index in [1.54, 1.807) is 23.9 Å². The highest BCUT2D eigenvalue weighted by atomic mass is 79.9. The number of nitrogens with two attached hydrogens (primary N) is 2. The maximum Gasteiger partial charge on any atom is 0.266 e. The van der Waals surface area contributed by atoms with Gasteiger partial charge in [0.15, 0.2) is 0 Å². The zero-order valence-corrected chi connectivity index (χ0v) is 12.9. The van der Waals surface area contributed by atoms with Crippen LogP contribution < -0.4 is 17.0 Å². The zero-order chi connectivity index (χ0) is 14.5. The first-order valence-corrected chi connectivity index (χ1v) is 7.51. The minimum Gasteiger partial charge on any atom is -0.398 e. The van der Waals surface area contributed by atoms with Crippen LogP contribution >= 0.6 is 27.7 Å². The molecule has 0 saturated heterocycles. The summed E-state index contributed by atoms with van der Waals surface area (Å²) in [4.78, 5) is 16.5. The molecule has 20 heavy (non-hydrogen) atoms. The number of nitrogens with zero attached hydrogens (tertiary/aromatic N) is 1. The molecule has 104 valence electrons. The predicted molar refractivity (Wildman–Crippen MR) is 84.0 cm³/mol. The fourth-order valence-corrected chi connectivity index (χ4v) is 2.94. The van der Waals surface area contributed by atoms with Crippen LogP contribution in [0.1, 0.15) is 16.1 Å². The van der Waals surface area contributed by atoms with E-state index in [-0.39, 0.29) is 5.91 Å². The van der Waals surface area contributed by atoms with Gasteiger partial charge in [-0.1, -0.05) is 15.9 Å². The molecule has 1 aromatic heterocycles. The number of halogens is 1. The molecule has 0 radical (unpaired) electrons. The molecule has 0 aliphatic carbocycles. The monoisotopic (exact) mass is 352 g/mol. The van der Waals surface area contributed by atoms with Crippen LogP contribution in [0.15, 0.2) is 45.9 Å². The average molecular weight is 353 g/mol. The maximum absolute atomic E-state index is 11.3. The number of rotatable bonds is 4. The van der Waals surface area contributed by atoms with E-state index in [9.17, 15) is 4.79 Å². The highest BCUT2D eigenvalue weighted by Gasteiger charge is 2.05. The Kier molecular flexibility index (Phi) is 4.99. The highest BCUT2D eigenvalue weighted by molar-refractivity contribution is 9.10. The molecule has 7 heteroatoms. The normalized spacial score (nSPS) is 10.3. The van der Waals surface area contributed by atoms with Crippen molar-refractivity contribution >= 4 is 39.3 Å². The van der Waals surface area contributed by atoms with Crippen LogP contribution in [0, 0.1) is 0 Å². The van der Waals surface area contributed by atoms with Gasteiger partial charge in [-0.2, -0.15) is 0 Å². The Morgan fingerprint density at radius 1 is 1.35 bits per heavy atom. The average Bonchev–Trinajstić information content (AvgIpc) is 2.48. The number of anilines is 1. The quantitative estimate of drug-likeness (QED) is 0.258. The zero-order valence-electron chi connectivity index (χ0n) is 10.5. The summed E-state index contributed by atoms with van der Waals surface area (Å²) in [5.74, 6) is 5.38. The molecular weight excluding hydrogens is 340 g/mol. The van der Waals surface area contributed by atoms with Gasteiger partial charge in [0.25, 0.3) is 5.91 Å². The molecule has 0 fully saturated rings. The van der Waals surface area contributed by atoms with Crippen LogP contribution in [0.5, 0.6) is 0 Å². The predicted octanol–water partition coefficient (Wildman–Crippen LogP) is 2.32. The lowest BCUT2D eigenvalue weighted by Crippen LogP contribution is -2.30. The Balaban J connectivity index is 2.04. The first kappa shape index (κ1) is 14.8. The van der Waals surface area contributed by atoms with Crippen LogP contribution in [0.4, 0.5) is 5.69 Å². The van der Waals surface area contributed by atoms with Gasteiger partial charge in [0.1, 0.15) is 0 Å². The summed E-state index contributed by atoms with van der Waals surface area (Å²) in [6.07, 6.45) is 1.50. The molecule has 2 rings (SSSR count). The molecule has 0 atom stereocenters. The van der Waals surface area contributed by atoms with Crippen LogP contribution in [0.2, 0.25) is 0 Å². The number of carbonyl (C=O) groups excluding carboxylic acids is 1. The van der Waals surface area contributed by atoms with Crippen molar-refractivity contribution in [3.8, 4) is 0 Å². The number of pyridine rings is 1. The highest BCUT2D eigenvalue weighted by Crippen LogP contribution is 2.30. The van der Waals surface area contributed by atoms with Gasteiger partial charge in [-0.05, 0) is 30.3 Å². The molecule has 0 aliphatic rings. The Labute approximate surface area is 129 Å². The number of hydrazine groups is 1. The molecule has 1 heterocycles. The second kappa shape index (κ2) is 6.74. The third-order valence-corrected chi connectivity index (χ3v) is 4.17. The fraction of sp³-hybridized carbons (Fsp3) is 0.0769. The minimum absolute atomic E-state index is 0.354. The summed E-state index contributed by atoms with van der Waals surface area (Å²) in [5.41, 5.74) is 10.0. The molecular formula is C13H13BrN4OS. The van der Waals surface area contributed by atoms with Crippen LogP contribution in [0.25, 0.3) is 0 Å². The van der Waals surface area contributed by atoms with E-state index in [4.69, 9.17) is 11.6 Å². The molecule has 1 amide bonds. The van der Waals surface area contributed by atoms with Gasteiger partial charge >= 0.3 is 0 Å². The first-order valence-electron chi connectivity index (χ1n) is 5.74. The van der Waals surface area contributed by atoms with Crippen LogP contribution in [0.3, 0.4) is 0 Å². The van der Waals surface area contributed by atoms with Gasteiger partial charge in [-0.15, -0.1) is 11.8 Å². The lowest BCUT2D eigenvalue weighted by Gasteiger charge is -2.06. The molecule has 5 N–H and O–H groups in total. The largest absolute Gasteiger partial charge is 0.398 e. The second-order valence-corrected chi connectivity index (χ2v) is 5.92. The van der Waals surface area contributed by atoms with Crippen molar-refractivity contribution in [3.63, 3.8) is 0 Å². The molecule has 0 spiro atoms. The molecule has 0 unspecified atom stereocenters. The van der Waals surface area contributed by atoms with Crippen molar-refractivity contribution in [2.75, 3.05) is 5.73 Å². The Bertz CT molecular complexity index is 618. The summed E-state index contributed by atoms with van der Waals surface area (Å²) in [7, 11) is 0. The van der Waals surface area contributed by atoms with E-state index >= 15 is 0 Å². The number of amides is 1. The van der Waals surface area contributed by atoms with E-state index in [0.29, 0.717) is 11.3 Å². The van der Waals surface area contributed by atoms with Gasteiger partial charge in [0.2, 0.25) is 0 Å². The smallest absolute Gasteiger partial charge is 0.266 e. The molecule has 0 aliphatic heterocycles. The fourth-order valence-electron chi connectivity index (χ4n) is 1.51. The number of aromatic nitrogens is 1. The van der Waals surface area contributed by atoms with Gasteiger partial charge < -0.3 is 5.73 Å². The Morgan fingerprint density at radius 3 is 2.80 bits per heavy atom. The summed E-state index contributed by atoms with van der Waals surface area (Å²) in [6, 6.07) is 9.21. The van der Waals surface area contributed by atoms with Gasteiger partial charge in [-0.25, -0.2) is 5.84 Å². The summed E-state index contributed by atoms with van der Waals surface area (Å²) >= 11 is 5.01. The third kappa shape index (κ3) is 3.72. The topological polar surface area (TPSA) is 94.0 Å². The number of hydrogen-bond acceptors (Lipinski definition) is 5. The summed E-state index contributed by atoms with van der Waals surface area (Å²) < 4.78 is 0.983. The van der Waals surface area contributed by atoms with E-state index < -0.39 is 0 Å². The van der Waals surface area contributed by atoms with Crippen molar-refractivity contribution in [1.29, 1.82) is 0 Å². The molecule has 2 aromatic rings. The van der Waals surface area contributed by atoms with Crippen LogP contribution in [-0.4, -0.2) is 10.9 Å². The third-order valence-electron chi connectivity index (χ3n) is 2.57. The standard InChI is InChI=1S/C13H13BrN4OS/c14-9-2-4-11(15)12(5-9)20-7-10-3-1-8(6-17-10)13(19)18-16/h1-6H,7,15-16H2,(H,18,19). The lowest BCUT2D eigenvalue weighted by molar-refractivity contribution is 0.0953. The van der Waals surface area contributed by atoms with E-state index in [0.717, 1.165) is 20.7 Å². The minimum atomic E-state index is -0.354. The number of nitrogen functional groups attached to an aromatic ring is 2. The van der Waals surface area contributed by atoms with Gasteiger partial charge in [-0.3, -0.25) is 15.2 Å². The van der Waals surface area contributed by atoms with E-state index in [1.165, 1.54) is 6.20 Å². The van der Waals surface area contributed by atoms with Crippen LogP contribution in [-0.2, 0) is 5.75 Å². The van der Waals surface area contributed by atoms with Crippen molar-refractivity contribution in [2.45, 2.75) is 10.6 Å². The number of thioether (sulfide) groups is 1. The van der Waals surface area contributed by atoms with Crippen molar-refractivity contribution < 1.29 is 4.79 Å².